The highest BCUT2D eigenvalue weighted by Crippen LogP contribution is 2.16. The summed E-state index contributed by atoms with van der Waals surface area (Å²) < 4.78 is 15.3. The van der Waals surface area contributed by atoms with Gasteiger partial charge in [-0.15, -0.1) is 10.2 Å². The molecule has 5 nitrogen and oxygen atoms in total. The number of aromatic nitrogens is 3. The van der Waals surface area contributed by atoms with Crippen molar-refractivity contribution in [2.24, 2.45) is 0 Å². The molecule has 0 aliphatic heterocycles. The normalized spacial score (nSPS) is 10.8. The summed E-state index contributed by atoms with van der Waals surface area (Å²) in [6, 6.07) is 12.2. The molecule has 1 amide bonds. The summed E-state index contributed by atoms with van der Waals surface area (Å²) in [5, 5.41) is 11.5. The third kappa shape index (κ3) is 3.87. The van der Waals surface area contributed by atoms with E-state index in [0.29, 0.717) is 23.7 Å². The lowest BCUT2D eigenvalue weighted by Crippen LogP contribution is -2.27. The van der Waals surface area contributed by atoms with Crippen LogP contribution in [0.15, 0.2) is 53.8 Å². The highest BCUT2D eigenvalue weighted by atomic mass is 32.2. The van der Waals surface area contributed by atoms with Crippen LogP contribution in [0.3, 0.4) is 0 Å². The Morgan fingerprint density at radius 3 is 2.87 bits per heavy atom. The molecule has 0 aliphatic carbocycles. The fourth-order valence-electron chi connectivity index (χ4n) is 2.14. The number of hydrogen-bond acceptors (Lipinski definition) is 4. The summed E-state index contributed by atoms with van der Waals surface area (Å²) in [6.45, 7) is 0.404. The second-order valence-electron chi connectivity index (χ2n) is 4.89. The first-order chi connectivity index (χ1) is 11.2. The van der Waals surface area contributed by atoms with Gasteiger partial charge in [0.1, 0.15) is 5.82 Å². The van der Waals surface area contributed by atoms with E-state index in [0.717, 1.165) is 5.65 Å². The van der Waals surface area contributed by atoms with E-state index in [2.05, 4.69) is 15.5 Å². The van der Waals surface area contributed by atoms with Gasteiger partial charge in [0, 0.05) is 12.7 Å². The van der Waals surface area contributed by atoms with Crippen molar-refractivity contribution in [1.29, 1.82) is 0 Å². The highest BCUT2D eigenvalue weighted by Gasteiger charge is 2.09. The molecule has 1 aromatic carbocycles. The Hall–Kier alpha value is -2.41. The molecule has 3 aromatic rings. The molecule has 0 spiro atoms. The molecule has 2 aromatic heterocycles. The Labute approximate surface area is 136 Å². The van der Waals surface area contributed by atoms with Gasteiger partial charge in [-0.05, 0) is 30.2 Å². The largest absolute Gasteiger partial charge is 0.355 e. The van der Waals surface area contributed by atoms with Crippen molar-refractivity contribution in [1.82, 2.24) is 19.9 Å². The van der Waals surface area contributed by atoms with Crippen LogP contribution in [0.4, 0.5) is 4.39 Å². The van der Waals surface area contributed by atoms with Gasteiger partial charge < -0.3 is 5.32 Å². The molecule has 1 N–H and O–H groups in total. The lowest BCUT2D eigenvalue weighted by molar-refractivity contribution is -0.118. The van der Waals surface area contributed by atoms with E-state index >= 15 is 0 Å². The van der Waals surface area contributed by atoms with E-state index in [1.54, 1.807) is 18.2 Å². The van der Waals surface area contributed by atoms with E-state index in [9.17, 15) is 9.18 Å². The number of fused-ring (bicyclic) bond motifs is 1. The molecule has 118 valence electrons. The average molecular weight is 330 g/mol. The van der Waals surface area contributed by atoms with Crippen molar-refractivity contribution in [3.8, 4) is 0 Å². The molecule has 0 saturated heterocycles. The molecule has 0 aliphatic rings. The number of benzene rings is 1. The van der Waals surface area contributed by atoms with E-state index in [1.165, 1.54) is 17.8 Å². The molecule has 23 heavy (non-hydrogen) atoms. The van der Waals surface area contributed by atoms with Crippen LogP contribution in [0.25, 0.3) is 5.65 Å². The number of carbonyl (C=O) groups excluding carboxylic acids is 1. The highest BCUT2D eigenvalue weighted by molar-refractivity contribution is 7.99. The number of carbonyl (C=O) groups is 1. The van der Waals surface area contributed by atoms with Gasteiger partial charge in [0.25, 0.3) is 0 Å². The summed E-state index contributed by atoms with van der Waals surface area (Å²) in [4.78, 5) is 11.9. The van der Waals surface area contributed by atoms with Crippen molar-refractivity contribution in [2.45, 2.75) is 11.6 Å². The van der Waals surface area contributed by atoms with Crippen LogP contribution >= 0.6 is 11.8 Å². The van der Waals surface area contributed by atoms with Gasteiger partial charge in [0.15, 0.2) is 10.8 Å². The Morgan fingerprint density at radius 1 is 1.17 bits per heavy atom. The zero-order chi connectivity index (χ0) is 16.1. The van der Waals surface area contributed by atoms with Crippen molar-refractivity contribution in [3.63, 3.8) is 0 Å². The van der Waals surface area contributed by atoms with Crippen molar-refractivity contribution in [2.75, 3.05) is 12.3 Å². The first-order valence-electron chi connectivity index (χ1n) is 7.17. The fourth-order valence-corrected chi connectivity index (χ4v) is 2.89. The maximum atomic E-state index is 13.5. The molecule has 0 unspecified atom stereocenters. The number of rotatable bonds is 6. The second-order valence-corrected chi connectivity index (χ2v) is 5.83. The monoisotopic (exact) mass is 330 g/mol. The second kappa shape index (κ2) is 7.23. The Kier molecular flexibility index (Phi) is 4.87. The lowest BCUT2D eigenvalue weighted by atomic mass is 10.1. The average Bonchev–Trinajstić information content (AvgIpc) is 2.98. The quantitative estimate of drug-likeness (QED) is 0.705. The summed E-state index contributed by atoms with van der Waals surface area (Å²) in [6.07, 6.45) is 2.32. The molecule has 7 heteroatoms. The molecule has 0 atom stereocenters. The van der Waals surface area contributed by atoms with E-state index in [-0.39, 0.29) is 17.5 Å². The molecule has 0 saturated carbocycles. The minimum absolute atomic E-state index is 0.112. The summed E-state index contributed by atoms with van der Waals surface area (Å²) in [7, 11) is 0. The number of nitrogens with zero attached hydrogens (tertiary/aromatic N) is 3. The van der Waals surface area contributed by atoms with Gasteiger partial charge in [0.05, 0.1) is 5.75 Å². The van der Waals surface area contributed by atoms with Crippen LogP contribution in [0.2, 0.25) is 0 Å². The molecular formula is C16H15FN4OS. The number of pyridine rings is 1. The Bertz CT molecular complexity index is 820. The lowest BCUT2D eigenvalue weighted by Gasteiger charge is -2.05. The van der Waals surface area contributed by atoms with Crippen molar-refractivity contribution >= 4 is 23.3 Å². The van der Waals surface area contributed by atoms with Gasteiger partial charge in [-0.2, -0.15) is 0 Å². The summed E-state index contributed by atoms with van der Waals surface area (Å²) >= 11 is 1.32. The van der Waals surface area contributed by atoms with Crippen LogP contribution in [-0.4, -0.2) is 32.8 Å². The zero-order valence-electron chi connectivity index (χ0n) is 12.3. The minimum atomic E-state index is -0.244. The van der Waals surface area contributed by atoms with Gasteiger partial charge in [0.2, 0.25) is 5.91 Å². The topological polar surface area (TPSA) is 59.3 Å². The zero-order valence-corrected chi connectivity index (χ0v) is 13.1. The minimum Gasteiger partial charge on any atom is -0.355 e. The smallest absolute Gasteiger partial charge is 0.230 e. The Balaban J connectivity index is 1.47. The number of thioether (sulfide) groups is 1. The third-order valence-corrected chi connectivity index (χ3v) is 4.23. The number of amides is 1. The third-order valence-electron chi connectivity index (χ3n) is 3.29. The van der Waals surface area contributed by atoms with Gasteiger partial charge in [-0.25, -0.2) is 4.39 Å². The molecule has 0 bridgehead atoms. The molecular weight excluding hydrogens is 315 g/mol. The maximum absolute atomic E-state index is 13.5. The van der Waals surface area contributed by atoms with Crippen molar-refractivity contribution < 1.29 is 9.18 Å². The summed E-state index contributed by atoms with van der Waals surface area (Å²) in [5.74, 6) is -0.113. The molecule has 0 radical (unpaired) electrons. The van der Waals surface area contributed by atoms with Gasteiger partial charge in [-0.1, -0.05) is 36.0 Å². The van der Waals surface area contributed by atoms with Crippen LogP contribution in [0.1, 0.15) is 5.56 Å². The van der Waals surface area contributed by atoms with E-state index in [4.69, 9.17) is 0 Å². The molecule has 0 fully saturated rings. The summed E-state index contributed by atoms with van der Waals surface area (Å²) in [5.41, 5.74) is 1.35. The predicted molar refractivity (Wildman–Crippen MR) is 86.8 cm³/mol. The molecule has 3 rings (SSSR count). The number of halogens is 1. The predicted octanol–water partition coefficient (Wildman–Crippen LogP) is 2.32. The first kappa shape index (κ1) is 15.5. The van der Waals surface area contributed by atoms with E-state index in [1.807, 2.05) is 28.8 Å². The number of hydrogen-bond donors (Lipinski definition) is 1. The Morgan fingerprint density at radius 2 is 2.00 bits per heavy atom. The maximum Gasteiger partial charge on any atom is 0.230 e. The number of nitrogens with one attached hydrogen (secondary N) is 1. The van der Waals surface area contributed by atoms with Gasteiger partial charge >= 0.3 is 0 Å². The van der Waals surface area contributed by atoms with Crippen LogP contribution in [-0.2, 0) is 11.2 Å². The van der Waals surface area contributed by atoms with Crippen LogP contribution in [0, 0.1) is 5.82 Å². The first-order valence-corrected chi connectivity index (χ1v) is 8.15. The van der Waals surface area contributed by atoms with Gasteiger partial charge in [-0.3, -0.25) is 9.20 Å². The van der Waals surface area contributed by atoms with Crippen LogP contribution in [0.5, 0.6) is 0 Å². The van der Waals surface area contributed by atoms with E-state index < -0.39 is 0 Å². The fraction of sp³-hybridized carbons (Fsp3) is 0.188. The molecule has 2 heterocycles. The SMILES string of the molecule is O=C(CSc1nnc2ccccn12)NCCc1ccccc1F. The standard InChI is InChI=1S/C16H15FN4OS/c17-13-6-2-1-5-12(13)8-9-18-15(22)11-23-16-20-19-14-7-3-4-10-21(14)16/h1-7,10H,8-9,11H2,(H,18,22). The van der Waals surface area contributed by atoms with Crippen molar-refractivity contribution in [3.05, 3.63) is 60.0 Å². The van der Waals surface area contributed by atoms with Crippen LogP contribution < -0.4 is 5.32 Å².